The van der Waals surface area contributed by atoms with E-state index in [0.29, 0.717) is 12.2 Å². The topological polar surface area (TPSA) is 77.1 Å². The molecule has 1 saturated heterocycles. The van der Waals surface area contributed by atoms with Crippen molar-refractivity contribution < 1.29 is 23.8 Å². The van der Waals surface area contributed by atoms with Gasteiger partial charge in [0.25, 0.3) is 0 Å². The standard InChI is InChI=1S/C16H21ClN2O5/c1-19(9-10-5-4-6-24-10)16(21)18-13-8-14(22-2)11(7-12(13)17)15(20)23-3/h7-8,10H,4-6,9H2,1-3H3,(H,18,21). The van der Waals surface area contributed by atoms with Crippen molar-refractivity contribution in [1.82, 2.24) is 4.90 Å². The van der Waals surface area contributed by atoms with E-state index >= 15 is 0 Å². The number of anilines is 1. The summed E-state index contributed by atoms with van der Waals surface area (Å²) in [5, 5.41) is 2.93. The van der Waals surface area contributed by atoms with E-state index in [-0.39, 0.29) is 28.5 Å². The summed E-state index contributed by atoms with van der Waals surface area (Å²) in [5.41, 5.74) is 0.543. The van der Waals surface area contributed by atoms with Gasteiger partial charge in [0.2, 0.25) is 0 Å². The minimum atomic E-state index is -0.567. The molecular weight excluding hydrogens is 336 g/mol. The molecule has 7 nitrogen and oxygen atoms in total. The number of ether oxygens (including phenoxy) is 3. The van der Waals surface area contributed by atoms with Gasteiger partial charge in [0.15, 0.2) is 0 Å². The highest BCUT2D eigenvalue weighted by Gasteiger charge is 2.22. The molecule has 132 valence electrons. The van der Waals surface area contributed by atoms with Crippen LogP contribution in [0.1, 0.15) is 23.2 Å². The SMILES string of the molecule is COC(=O)c1cc(Cl)c(NC(=O)N(C)CC2CCCO2)cc1OC. The Balaban J connectivity index is 2.10. The maximum Gasteiger partial charge on any atom is 0.341 e. The fourth-order valence-electron chi connectivity index (χ4n) is 2.47. The number of urea groups is 1. The molecule has 0 radical (unpaired) electrons. The lowest BCUT2D eigenvalue weighted by Gasteiger charge is -2.22. The van der Waals surface area contributed by atoms with Gasteiger partial charge < -0.3 is 24.4 Å². The Morgan fingerprint density at radius 2 is 2.17 bits per heavy atom. The molecule has 1 aromatic rings. The minimum Gasteiger partial charge on any atom is -0.496 e. The Labute approximate surface area is 145 Å². The van der Waals surface area contributed by atoms with Crippen molar-refractivity contribution in [3.05, 3.63) is 22.7 Å². The number of carbonyl (C=O) groups is 2. The molecule has 0 aliphatic carbocycles. The number of methoxy groups -OCH3 is 2. The smallest absolute Gasteiger partial charge is 0.341 e. The first-order valence-corrected chi connectivity index (χ1v) is 7.93. The molecule has 0 spiro atoms. The molecule has 1 aliphatic rings. The molecule has 8 heteroatoms. The molecule has 2 amide bonds. The van der Waals surface area contributed by atoms with E-state index in [1.165, 1.54) is 31.3 Å². The summed E-state index contributed by atoms with van der Waals surface area (Å²) < 4.78 is 15.4. The van der Waals surface area contributed by atoms with E-state index in [4.69, 9.17) is 21.1 Å². The Bertz CT molecular complexity index is 617. The van der Waals surface area contributed by atoms with Gasteiger partial charge in [-0.3, -0.25) is 0 Å². The molecule has 1 atom stereocenters. The lowest BCUT2D eigenvalue weighted by atomic mass is 10.1. The zero-order valence-electron chi connectivity index (χ0n) is 13.9. The van der Waals surface area contributed by atoms with Crippen molar-refractivity contribution in [3.63, 3.8) is 0 Å². The summed E-state index contributed by atoms with van der Waals surface area (Å²) >= 11 is 6.16. The summed E-state index contributed by atoms with van der Waals surface area (Å²) in [6, 6.07) is 2.58. The van der Waals surface area contributed by atoms with Gasteiger partial charge in [-0.05, 0) is 18.9 Å². The highest BCUT2D eigenvalue weighted by Crippen LogP contribution is 2.31. The highest BCUT2D eigenvalue weighted by molar-refractivity contribution is 6.34. The first kappa shape index (κ1) is 18.4. The van der Waals surface area contributed by atoms with Gasteiger partial charge in [0.1, 0.15) is 11.3 Å². The number of hydrogen-bond donors (Lipinski definition) is 1. The summed E-state index contributed by atoms with van der Waals surface area (Å²) in [5.74, 6) is -0.301. The van der Waals surface area contributed by atoms with Gasteiger partial charge in [-0.1, -0.05) is 11.6 Å². The molecule has 0 saturated carbocycles. The largest absolute Gasteiger partial charge is 0.496 e. The first-order chi connectivity index (χ1) is 11.5. The number of esters is 1. The summed E-state index contributed by atoms with van der Waals surface area (Å²) in [7, 11) is 4.38. The van der Waals surface area contributed by atoms with E-state index in [1.807, 2.05) is 0 Å². The van der Waals surface area contributed by atoms with Crippen LogP contribution in [-0.4, -0.2) is 57.4 Å². The van der Waals surface area contributed by atoms with Crippen LogP contribution in [0.15, 0.2) is 12.1 Å². The Morgan fingerprint density at radius 3 is 2.75 bits per heavy atom. The van der Waals surface area contributed by atoms with Crippen molar-refractivity contribution in [2.45, 2.75) is 18.9 Å². The summed E-state index contributed by atoms with van der Waals surface area (Å²) in [4.78, 5) is 25.5. The quantitative estimate of drug-likeness (QED) is 0.821. The molecule has 1 N–H and O–H groups in total. The van der Waals surface area contributed by atoms with Crippen molar-refractivity contribution in [2.75, 3.05) is 39.7 Å². The van der Waals surface area contributed by atoms with Gasteiger partial charge in [0, 0.05) is 26.3 Å². The van der Waals surface area contributed by atoms with E-state index < -0.39 is 5.97 Å². The van der Waals surface area contributed by atoms with Crippen LogP contribution in [0.25, 0.3) is 0 Å². The number of nitrogens with one attached hydrogen (secondary N) is 1. The van der Waals surface area contributed by atoms with Crippen LogP contribution in [0.2, 0.25) is 5.02 Å². The predicted octanol–water partition coefficient (Wildman–Crippen LogP) is 2.78. The van der Waals surface area contributed by atoms with Crippen molar-refractivity contribution >= 4 is 29.3 Å². The fourth-order valence-corrected chi connectivity index (χ4v) is 2.69. The number of likely N-dealkylation sites (N-methyl/N-ethyl adjacent to an activating group) is 1. The van der Waals surface area contributed by atoms with Gasteiger partial charge in [-0.2, -0.15) is 0 Å². The zero-order chi connectivity index (χ0) is 17.7. The van der Waals surface area contributed by atoms with Crippen LogP contribution in [0, 0.1) is 0 Å². The third-order valence-corrected chi connectivity index (χ3v) is 4.10. The van der Waals surface area contributed by atoms with Crippen LogP contribution >= 0.6 is 11.6 Å². The molecule has 0 bridgehead atoms. The number of nitrogens with zero attached hydrogens (tertiary/aromatic N) is 1. The predicted molar refractivity (Wildman–Crippen MR) is 90.0 cm³/mol. The minimum absolute atomic E-state index is 0.0625. The molecule has 24 heavy (non-hydrogen) atoms. The monoisotopic (exact) mass is 356 g/mol. The molecule has 1 fully saturated rings. The third-order valence-electron chi connectivity index (χ3n) is 3.78. The van der Waals surface area contributed by atoms with Gasteiger partial charge in [0.05, 0.1) is 31.0 Å². The van der Waals surface area contributed by atoms with Crippen LogP contribution in [-0.2, 0) is 9.47 Å². The van der Waals surface area contributed by atoms with Gasteiger partial charge >= 0.3 is 12.0 Å². The number of amides is 2. The molecular formula is C16H21ClN2O5. The molecule has 1 aromatic carbocycles. The summed E-state index contributed by atoms with van der Waals surface area (Å²) in [6.07, 6.45) is 2.02. The van der Waals surface area contributed by atoms with Crippen molar-refractivity contribution in [1.29, 1.82) is 0 Å². The van der Waals surface area contributed by atoms with Crippen LogP contribution in [0.3, 0.4) is 0 Å². The highest BCUT2D eigenvalue weighted by atomic mass is 35.5. The lowest BCUT2D eigenvalue weighted by molar-refractivity contribution is 0.0597. The van der Waals surface area contributed by atoms with E-state index in [1.54, 1.807) is 7.05 Å². The molecule has 1 aliphatic heterocycles. The average molecular weight is 357 g/mol. The van der Waals surface area contributed by atoms with Crippen LogP contribution in [0.4, 0.5) is 10.5 Å². The number of rotatable bonds is 5. The Kier molecular flexibility index (Phi) is 6.28. The maximum atomic E-state index is 12.3. The number of carbonyl (C=O) groups excluding carboxylic acids is 2. The maximum absolute atomic E-state index is 12.3. The molecule has 1 heterocycles. The van der Waals surface area contributed by atoms with E-state index in [0.717, 1.165) is 19.4 Å². The normalized spacial score (nSPS) is 16.6. The Hall–Kier alpha value is -1.99. The fraction of sp³-hybridized carbons (Fsp3) is 0.500. The van der Waals surface area contributed by atoms with Gasteiger partial charge in [-0.25, -0.2) is 9.59 Å². The molecule has 0 aromatic heterocycles. The van der Waals surface area contributed by atoms with E-state index in [9.17, 15) is 9.59 Å². The number of benzene rings is 1. The van der Waals surface area contributed by atoms with Gasteiger partial charge in [-0.15, -0.1) is 0 Å². The lowest BCUT2D eigenvalue weighted by Crippen LogP contribution is -2.37. The second-order valence-electron chi connectivity index (χ2n) is 5.47. The molecule has 2 rings (SSSR count). The van der Waals surface area contributed by atoms with Crippen LogP contribution < -0.4 is 10.1 Å². The Morgan fingerprint density at radius 1 is 1.42 bits per heavy atom. The van der Waals surface area contributed by atoms with Crippen molar-refractivity contribution in [3.8, 4) is 5.75 Å². The second-order valence-corrected chi connectivity index (χ2v) is 5.88. The van der Waals surface area contributed by atoms with Crippen LogP contribution in [0.5, 0.6) is 5.75 Å². The summed E-state index contributed by atoms with van der Waals surface area (Å²) in [6.45, 7) is 1.24. The number of hydrogen-bond acceptors (Lipinski definition) is 5. The third kappa shape index (κ3) is 4.30. The number of halogens is 1. The first-order valence-electron chi connectivity index (χ1n) is 7.55. The van der Waals surface area contributed by atoms with Crippen molar-refractivity contribution in [2.24, 2.45) is 0 Å². The zero-order valence-corrected chi connectivity index (χ0v) is 14.7. The average Bonchev–Trinajstić information content (AvgIpc) is 3.08. The van der Waals surface area contributed by atoms with E-state index in [2.05, 4.69) is 10.1 Å². The molecule has 1 unspecified atom stereocenters. The second kappa shape index (κ2) is 8.21.